The molecule has 1 aliphatic heterocycles. The topological polar surface area (TPSA) is 41.1 Å². The summed E-state index contributed by atoms with van der Waals surface area (Å²) in [5.41, 5.74) is 0. The Labute approximate surface area is 93.9 Å². The summed E-state index contributed by atoms with van der Waals surface area (Å²) < 4.78 is 0. The molecule has 82 valence electrons. The van der Waals surface area contributed by atoms with Crippen molar-refractivity contribution in [1.82, 2.24) is 10.6 Å². The molecule has 3 nitrogen and oxygen atoms in total. The quantitative estimate of drug-likeness (QED) is 0.817. The van der Waals surface area contributed by atoms with Gasteiger partial charge in [-0.3, -0.25) is 4.79 Å². The molecular formula is C11H16N2OS. The summed E-state index contributed by atoms with van der Waals surface area (Å²) in [6, 6.07) is 4.21. The zero-order valence-corrected chi connectivity index (χ0v) is 9.64. The molecule has 0 aliphatic carbocycles. The van der Waals surface area contributed by atoms with E-state index >= 15 is 0 Å². The average molecular weight is 224 g/mol. The van der Waals surface area contributed by atoms with E-state index in [0.717, 1.165) is 19.5 Å². The van der Waals surface area contributed by atoms with Gasteiger partial charge in [0.15, 0.2) is 0 Å². The van der Waals surface area contributed by atoms with E-state index in [1.54, 1.807) is 11.3 Å². The van der Waals surface area contributed by atoms with Gasteiger partial charge in [-0.25, -0.2) is 0 Å². The highest BCUT2D eigenvalue weighted by Crippen LogP contribution is 2.19. The van der Waals surface area contributed by atoms with Crippen LogP contribution in [0.1, 0.15) is 24.3 Å². The van der Waals surface area contributed by atoms with Crippen LogP contribution < -0.4 is 10.6 Å². The van der Waals surface area contributed by atoms with Crippen LogP contribution in [-0.2, 0) is 4.79 Å². The van der Waals surface area contributed by atoms with Gasteiger partial charge in [-0.2, -0.15) is 0 Å². The molecule has 1 unspecified atom stereocenters. The fourth-order valence-electron chi connectivity index (χ4n) is 1.82. The molecule has 1 aliphatic rings. The summed E-state index contributed by atoms with van der Waals surface area (Å²) >= 11 is 1.69. The largest absolute Gasteiger partial charge is 0.348 e. The summed E-state index contributed by atoms with van der Waals surface area (Å²) in [5, 5.41) is 8.30. The van der Waals surface area contributed by atoms with Gasteiger partial charge in [0.2, 0.25) is 5.91 Å². The van der Waals surface area contributed by atoms with Gasteiger partial charge in [0.05, 0.1) is 12.0 Å². The smallest absolute Gasteiger partial charge is 0.224 e. The van der Waals surface area contributed by atoms with Gasteiger partial charge in [-0.05, 0) is 31.3 Å². The Balaban J connectivity index is 1.88. The molecule has 0 spiro atoms. The second kappa shape index (κ2) is 4.77. The monoisotopic (exact) mass is 224 g/mol. The lowest BCUT2D eigenvalue weighted by Gasteiger charge is -2.15. The van der Waals surface area contributed by atoms with Crippen LogP contribution in [0.4, 0.5) is 0 Å². The molecule has 0 bridgehead atoms. The van der Waals surface area contributed by atoms with Crippen molar-refractivity contribution >= 4 is 17.2 Å². The molecule has 15 heavy (non-hydrogen) atoms. The Morgan fingerprint density at radius 3 is 3.20 bits per heavy atom. The van der Waals surface area contributed by atoms with Crippen LogP contribution in [-0.4, -0.2) is 19.0 Å². The molecule has 0 radical (unpaired) electrons. The third-order valence-electron chi connectivity index (χ3n) is 2.76. The highest BCUT2D eigenvalue weighted by Gasteiger charge is 2.23. The lowest BCUT2D eigenvalue weighted by atomic mass is 10.1. The van der Waals surface area contributed by atoms with Crippen molar-refractivity contribution in [2.45, 2.75) is 19.4 Å². The van der Waals surface area contributed by atoms with E-state index in [1.165, 1.54) is 4.88 Å². The maximum Gasteiger partial charge on any atom is 0.224 e. The summed E-state index contributed by atoms with van der Waals surface area (Å²) in [4.78, 5) is 13.0. The van der Waals surface area contributed by atoms with Crippen LogP contribution in [0.3, 0.4) is 0 Å². The van der Waals surface area contributed by atoms with Crippen molar-refractivity contribution in [2.24, 2.45) is 5.92 Å². The van der Waals surface area contributed by atoms with E-state index in [0.29, 0.717) is 0 Å². The van der Waals surface area contributed by atoms with E-state index in [1.807, 2.05) is 18.4 Å². The summed E-state index contributed by atoms with van der Waals surface area (Å²) in [6.45, 7) is 3.82. The molecule has 1 saturated heterocycles. The number of carbonyl (C=O) groups excluding carboxylic acids is 1. The standard InChI is InChI=1S/C11H16N2OS/c1-8(10-3-2-6-15-10)13-11(14)9-4-5-12-7-9/h2-3,6,8-9,12H,4-5,7H2,1H3,(H,13,14)/t8-,9?/m1/s1. The lowest BCUT2D eigenvalue weighted by Crippen LogP contribution is -2.33. The predicted molar refractivity (Wildman–Crippen MR) is 61.9 cm³/mol. The molecular weight excluding hydrogens is 208 g/mol. The number of nitrogens with one attached hydrogen (secondary N) is 2. The molecule has 1 aromatic heterocycles. The van der Waals surface area contributed by atoms with Crippen LogP contribution in [0.2, 0.25) is 0 Å². The second-order valence-corrected chi connectivity index (χ2v) is 4.91. The average Bonchev–Trinajstić information content (AvgIpc) is 2.91. The van der Waals surface area contributed by atoms with E-state index < -0.39 is 0 Å². The van der Waals surface area contributed by atoms with E-state index in [9.17, 15) is 4.79 Å². The maximum absolute atomic E-state index is 11.8. The number of hydrogen-bond donors (Lipinski definition) is 2. The first kappa shape index (κ1) is 10.6. The summed E-state index contributed by atoms with van der Waals surface area (Å²) in [6.07, 6.45) is 0.961. The van der Waals surface area contributed by atoms with Crippen LogP contribution in [0, 0.1) is 5.92 Å². The zero-order valence-electron chi connectivity index (χ0n) is 8.82. The van der Waals surface area contributed by atoms with Gasteiger partial charge >= 0.3 is 0 Å². The molecule has 1 aromatic rings. The minimum atomic E-state index is 0.137. The highest BCUT2D eigenvalue weighted by atomic mass is 32.1. The predicted octanol–water partition coefficient (Wildman–Crippen LogP) is 1.53. The zero-order chi connectivity index (χ0) is 10.7. The molecule has 2 atom stereocenters. The van der Waals surface area contributed by atoms with Gasteiger partial charge in [0.25, 0.3) is 0 Å². The van der Waals surface area contributed by atoms with E-state index in [4.69, 9.17) is 0 Å². The molecule has 2 rings (SSSR count). The van der Waals surface area contributed by atoms with E-state index in [2.05, 4.69) is 16.7 Å². The van der Waals surface area contributed by atoms with Crippen LogP contribution in [0.5, 0.6) is 0 Å². The fraction of sp³-hybridized carbons (Fsp3) is 0.545. The lowest BCUT2D eigenvalue weighted by molar-refractivity contribution is -0.125. The number of rotatable bonds is 3. The molecule has 2 heterocycles. The van der Waals surface area contributed by atoms with Crippen molar-refractivity contribution in [2.75, 3.05) is 13.1 Å². The van der Waals surface area contributed by atoms with Crippen molar-refractivity contribution < 1.29 is 4.79 Å². The summed E-state index contributed by atoms with van der Waals surface area (Å²) in [7, 11) is 0. The molecule has 0 aromatic carbocycles. The molecule has 4 heteroatoms. The number of carbonyl (C=O) groups is 1. The Hall–Kier alpha value is -0.870. The Kier molecular flexibility index (Phi) is 3.38. The minimum absolute atomic E-state index is 0.137. The SMILES string of the molecule is C[C@@H](NC(=O)C1CCNC1)c1cccs1. The van der Waals surface area contributed by atoms with Gasteiger partial charge in [-0.15, -0.1) is 11.3 Å². The highest BCUT2D eigenvalue weighted by molar-refractivity contribution is 7.10. The van der Waals surface area contributed by atoms with Crippen LogP contribution in [0.15, 0.2) is 17.5 Å². The second-order valence-electron chi connectivity index (χ2n) is 3.94. The normalized spacial score (nSPS) is 22.6. The fourth-order valence-corrected chi connectivity index (χ4v) is 2.55. The van der Waals surface area contributed by atoms with Gasteiger partial charge in [0, 0.05) is 11.4 Å². The molecule has 0 saturated carbocycles. The van der Waals surface area contributed by atoms with E-state index in [-0.39, 0.29) is 17.9 Å². The molecule has 2 N–H and O–H groups in total. The van der Waals surface area contributed by atoms with Crippen molar-refractivity contribution in [3.05, 3.63) is 22.4 Å². The minimum Gasteiger partial charge on any atom is -0.348 e. The molecule has 1 amide bonds. The van der Waals surface area contributed by atoms with Crippen molar-refractivity contribution in [1.29, 1.82) is 0 Å². The summed E-state index contributed by atoms with van der Waals surface area (Å²) in [5.74, 6) is 0.341. The molecule has 1 fully saturated rings. The number of hydrogen-bond acceptors (Lipinski definition) is 3. The van der Waals surface area contributed by atoms with Gasteiger partial charge < -0.3 is 10.6 Å². The van der Waals surface area contributed by atoms with Gasteiger partial charge in [0.1, 0.15) is 0 Å². The van der Waals surface area contributed by atoms with Crippen LogP contribution in [0.25, 0.3) is 0 Å². The van der Waals surface area contributed by atoms with Crippen molar-refractivity contribution in [3.63, 3.8) is 0 Å². The Morgan fingerprint density at radius 1 is 1.73 bits per heavy atom. The first-order chi connectivity index (χ1) is 7.27. The first-order valence-electron chi connectivity index (χ1n) is 5.32. The van der Waals surface area contributed by atoms with Crippen molar-refractivity contribution in [3.8, 4) is 0 Å². The van der Waals surface area contributed by atoms with Gasteiger partial charge in [-0.1, -0.05) is 6.07 Å². The third-order valence-corrected chi connectivity index (χ3v) is 3.81. The van der Waals surface area contributed by atoms with Crippen LogP contribution >= 0.6 is 11.3 Å². The first-order valence-corrected chi connectivity index (χ1v) is 6.20. The maximum atomic E-state index is 11.8. The Bertz CT molecular complexity index is 317. The number of thiophene rings is 1. The third kappa shape index (κ3) is 2.58. The number of amides is 1. The Morgan fingerprint density at radius 2 is 2.60 bits per heavy atom.